The van der Waals surface area contributed by atoms with Crippen LogP contribution in [0.5, 0.6) is 5.75 Å². The molecule has 130 valence electrons. The molecule has 2 unspecified atom stereocenters. The molecule has 2 heterocycles. The molecule has 1 aromatic carbocycles. The molecule has 1 fully saturated rings. The van der Waals surface area contributed by atoms with E-state index in [1.807, 2.05) is 25.9 Å². The fourth-order valence-corrected chi connectivity index (χ4v) is 3.52. The van der Waals surface area contributed by atoms with Crippen LogP contribution in [0, 0.1) is 12.7 Å². The van der Waals surface area contributed by atoms with Crippen molar-refractivity contribution in [1.29, 1.82) is 0 Å². The third-order valence-corrected chi connectivity index (χ3v) is 4.66. The average molecular weight is 335 g/mol. The molecular formula is C17H22FN3O3. The molecule has 1 N–H and O–H groups in total. The van der Waals surface area contributed by atoms with Gasteiger partial charge in [0, 0.05) is 25.1 Å². The van der Waals surface area contributed by atoms with Crippen LogP contribution >= 0.6 is 0 Å². The van der Waals surface area contributed by atoms with Gasteiger partial charge in [0.25, 0.3) is 5.91 Å². The maximum absolute atomic E-state index is 14.1. The van der Waals surface area contributed by atoms with Gasteiger partial charge in [0.05, 0.1) is 6.10 Å². The van der Waals surface area contributed by atoms with Gasteiger partial charge in [-0.25, -0.2) is 9.18 Å². The number of imide groups is 1. The summed E-state index contributed by atoms with van der Waals surface area (Å²) in [5.41, 5.74) is -0.475. The normalized spacial score (nSPS) is 25.9. The highest BCUT2D eigenvalue weighted by Gasteiger charge is 2.56. The van der Waals surface area contributed by atoms with Gasteiger partial charge in [0.2, 0.25) is 0 Å². The Morgan fingerprint density at radius 3 is 2.79 bits per heavy atom. The second kappa shape index (κ2) is 5.73. The molecule has 3 amide bonds. The average Bonchev–Trinajstić information content (AvgIpc) is 2.71. The first kappa shape index (κ1) is 16.7. The van der Waals surface area contributed by atoms with E-state index in [1.165, 1.54) is 17.0 Å². The van der Waals surface area contributed by atoms with E-state index in [0.717, 1.165) is 0 Å². The van der Waals surface area contributed by atoms with E-state index in [-0.39, 0.29) is 18.4 Å². The molecule has 7 heteroatoms. The Morgan fingerprint density at radius 1 is 1.42 bits per heavy atom. The summed E-state index contributed by atoms with van der Waals surface area (Å²) in [4.78, 5) is 28.7. The number of rotatable bonds is 3. The molecule has 1 aromatic rings. The van der Waals surface area contributed by atoms with Gasteiger partial charge in [0.15, 0.2) is 5.54 Å². The van der Waals surface area contributed by atoms with E-state index in [0.29, 0.717) is 30.0 Å². The molecule has 1 spiro atoms. The molecule has 2 aliphatic heterocycles. The summed E-state index contributed by atoms with van der Waals surface area (Å²) in [6, 6.07) is 2.41. The maximum atomic E-state index is 14.1. The Bertz CT molecular complexity index is 707. The molecule has 1 saturated heterocycles. The van der Waals surface area contributed by atoms with Gasteiger partial charge in [-0.1, -0.05) is 0 Å². The van der Waals surface area contributed by atoms with E-state index in [9.17, 15) is 14.0 Å². The summed E-state index contributed by atoms with van der Waals surface area (Å²) in [6.45, 7) is 4.30. The Hall–Kier alpha value is -2.15. The number of carbonyl (C=O) groups is 2. The number of likely N-dealkylation sites (N-methyl/N-ethyl adjacent to an activating group) is 1. The minimum Gasteiger partial charge on any atom is -0.490 e. The van der Waals surface area contributed by atoms with Crippen molar-refractivity contribution in [2.75, 3.05) is 27.2 Å². The summed E-state index contributed by atoms with van der Waals surface area (Å²) in [5.74, 6) is -0.296. The first-order valence-electron chi connectivity index (χ1n) is 8.01. The van der Waals surface area contributed by atoms with Gasteiger partial charge < -0.3 is 15.0 Å². The monoisotopic (exact) mass is 335 g/mol. The van der Waals surface area contributed by atoms with Crippen molar-refractivity contribution in [1.82, 2.24) is 15.1 Å². The van der Waals surface area contributed by atoms with Crippen LogP contribution in [0.4, 0.5) is 9.18 Å². The molecule has 0 aliphatic carbocycles. The van der Waals surface area contributed by atoms with Crippen LogP contribution in [0.2, 0.25) is 0 Å². The summed E-state index contributed by atoms with van der Waals surface area (Å²) in [5, 5.41) is 2.82. The lowest BCUT2D eigenvalue weighted by Crippen LogP contribution is -2.50. The van der Waals surface area contributed by atoms with E-state index in [1.54, 1.807) is 6.92 Å². The molecule has 3 rings (SSSR count). The van der Waals surface area contributed by atoms with Crippen molar-refractivity contribution in [2.24, 2.45) is 0 Å². The molecule has 0 bridgehead atoms. The molecule has 6 nitrogen and oxygen atoms in total. The zero-order valence-electron chi connectivity index (χ0n) is 14.4. The molecule has 0 aromatic heterocycles. The van der Waals surface area contributed by atoms with E-state index in [2.05, 4.69) is 5.32 Å². The minimum absolute atomic E-state index is 0.264. The van der Waals surface area contributed by atoms with Crippen molar-refractivity contribution in [3.05, 3.63) is 29.1 Å². The number of fused-ring (bicyclic) bond motifs is 2. The summed E-state index contributed by atoms with van der Waals surface area (Å²) >= 11 is 0. The van der Waals surface area contributed by atoms with Gasteiger partial charge >= 0.3 is 6.03 Å². The predicted octanol–water partition coefficient (Wildman–Crippen LogP) is 1.61. The first-order chi connectivity index (χ1) is 11.3. The van der Waals surface area contributed by atoms with Crippen LogP contribution in [0.25, 0.3) is 0 Å². The van der Waals surface area contributed by atoms with Crippen LogP contribution in [0.15, 0.2) is 12.1 Å². The van der Waals surface area contributed by atoms with Gasteiger partial charge in [-0.15, -0.1) is 0 Å². The summed E-state index contributed by atoms with van der Waals surface area (Å²) < 4.78 is 19.9. The number of amides is 3. The number of hydrogen-bond donors (Lipinski definition) is 1. The number of nitrogens with zero attached hydrogens (tertiary/aromatic N) is 2. The second-order valence-corrected chi connectivity index (χ2v) is 6.77. The molecule has 2 aliphatic rings. The maximum Gasteiger partial charge on any atom is 0.325 e. The Morgan fingerprint density at radius 2 is 2.12 bits per heavy atom. The van der Waals surface area contributed by atoms with Gasteiger partial charge in [0.1, 0.15) is 11.6 Å². The van der Waals surface area contributed by atoms with E-state index >= 15 is 0 Å². The number of hydrogen-bond acceptors (Lipinski definition) is 4. The quantitative estimate of drug-likeness (QED) is 0.853. The number of halogens is 1. The standard InChI is InChI=1S/C17H22FN3O3/c1-10-9-17(14-11(2)12(18)5-6-13(14)24-10)15(22)21(16(23)19-17)8-7-20(3)4/h5-6,10H,7-9H2,1-4H3,(H,19,23). The highest BCUT2D eigenvalue weighted by molar-refractivity contribution is 6.08. The van der Waals surface area contributed by atoms with Crippen LogP contribution in [-0.4, -0.2) is 55.0 Å². The molecule has 0 saturated carbocycles. The van der Waals surface area contributed by atoms with Gasteiger partial charge in [-0.3, -0.25) is 9.69 Å². The molecule has 24 heavy (non-hydrogen) atoms. The van der Waals surface area contributed by atoms with Crippen molar-refractivity contribution < 1.29 is 18.7 Å². The second-order valence-electron chi connectivity index (χ2n) is 6.77. The Kier molecular flexibility index (Phi) is 3.99. The highest BCUT2D eigenvalue weighted by atomic mass is 19.1. The van der Waals surface area contributed by atoms with E-state index < -0.39 is 17.4 Å². The Balaban J connectivity index is 2.07. The number of ether oxygens (including phenoxy) is 1. The fraction of sp³-hybridized carbons (Fsp3) is 0.529. The minimum atomic E-state index is -1.25. The predicted molar refractivity (Wildman–Crippen MR) is 86.3 cm³/mol. The van der Waals surface area contributed by atoms with E-state index in [4.69, 9.17) is 4.74 Å². The lowest BCUT2D eigenvalue weighted by molar-refractivity contribution is -0.133. The van der Waals surface area contributed by atoms with Crippen LogP contribution < -0.4 is 10.1 Å². The number of urea groups is 1. The summed E-state index contributed by atoms with van der Waals surface area (Å²) in [7, 11) is 3.75. The molecule has 2 atom stereocenters. The first-order valence-corrected chi connectivity index (χ1v) is 8.01. The number of nitrogens with one attached hydrogen (secondary N) is 1. The SMILES string of the molecule is Cc1c(F)ccc2c1C1(CC(C)O2)NC(=O)N(CCN(C)C)C1=O. The largest absolute Gasteiger partial charge is 0.490 e. The van der Waals surface area contributed by atoms with Gasteiger partial charge in [-0.2, -0.15) is 0 Å². The third kappa shape index (κ3) is 2.43. The van der Waals surface area contributed by atoms with Crippen LogP contribution in [0.1, 0.15) is 24.5 Å². The molecular weight excluding hydrogens is 313 g/mol. The smallest absolute Gasteiger partial charge is 0.325 e. The van der Waals surface area contributed by atoms with Crippen molar-refractivity contribution in [3.63, 3.8) is 0 Å². The van der Waals surface area contributed by atoms with Crippen LogP contribution in [-0.2, 0) is 10.3 Å². The fourth-order valence-electron chi connectivity index (χ4n) is 3.52. The Labute approximate surface area is 140 Å². The number of carbonyl (C=O) groups excluding carboxylic acids is 2. The lowest BCUT2D eigenvalue weighted by Gasteiger charge is -2.37. The lowest BCUT2D eigenvalue weighted by atomic mass is 9.79. The van der Waals surface area contributed by atoms with Crippen molar-refractivity contribution >= 4 is 11.9 Å². The highest BCUT2D eigenvalue weighted by Crippen LogP contribution is 2.45. The summed E-state index contributed by atoms with van der Waals surface area (Å²) in [6.07, 6.45) is 0.0215. The zero-order chi connectivity index (χ0) is 17.6. The van der Waals surface area contributed by atoms with Crippen molar-refractivity contribution in [2.45, 2.75) is 31.9 Å². The topological polar surface area (TPSA) is 61.9 Å². The van der Waals surface area contributed by atoms with Crippen molar-refractivity contribution in [3.8, 4) is 5.75 Å². The third-order valence-electron chi connectivity index (χ3n) is 4.66. The van der Waals surface area contributed by atoms with Crippen LogP contribution in [0.3, 0.4) is 0 Å². The zero-order valence-corrected chi connectivity index (χ0v) is 14.4. The molecule has 0 radical (unpaired) electrons. The number of benzene rings is 1. The van der Waals surface area contributed by atoms with Gasteiger partial charge in [-0.05, 0) is 45.6 Å².